The Morgan fingerprint density at radius 3 is 2.25 bits per heavy atom. The molecule has 5 heteroatoms. The summed E-state index contributed by atoms with van der Waals surface area (Å²) in [6, 6.07) is 0. The van der Waals surface area contributed by atoms with Crippen molar-refractivity contribution in [3.8, 4) is 0 Å². The third-order valence-corrected chi connectivity index (χ3v) is 10.8. The van der Waals surface area contributed by atoms with Gasteiger partial charge in [-0.3, -0.25) is 4.79 Å². The number of aliphatic hydroxyl groups is 1. The molecule has 0 aliphatic heterocycles. The van der Waals surface area contributed by atoms with Gasteiger partial charge >= 0.3 is 11.9 Å². The fourth-order valence-electron chi connectivity index (χ4n) is 10.4. The predicted molar refractivity (Wildman–Crippen MR) is 118 cm³/mol. The van der Waals surface area contributed by atoms with Crippen molar-refractivity contribution in [3.63, 3.8) is 0 Å². The first-order chi connectivity index (χ1) is 15.3. The highest BCUT2D eigenvalue weighted by atomic mass is 16.6. The molecule has 0 amide bonds. The molecule has 5 nitrogen and oxygen atoms in total. The summed E-state index contributed by atoms with van der Waals surface area (Å²) in [6.07, 6.45) is 11.1. The number of ether oxygens (including phenoxy) is 2. The Morgan fingerprint density at radius 1 is 0.906 bits per heavy atom. The van der Waals surface area contributed by atoms with E-state index in [-0.39, 0.29) is 18.5 Å². The summed E-state index contributed by atoms with van der Waals surface area (Å²) in [5, 5.41) is 10.9. The van der Waals surface area contributed by atoms with Crippen LogP contribution in [0.25, 0.3) is 0 Å². The second-order valence-electron chi connectivity index (χ2n) is 12.7. The highest BCUT2D eigenvalue weighted by Crippen LogP contribution is 2.65. The SMILES string of the molecule is CCC1CC(CC)C2C3CC(CC3C(=O)OCC(=O)OC34CC5CC(CC(O)(C5)C3)C4)C12. The molecule has 0 radical (unpaired) electrons. The van der Waals surface area contributed by atoms with Gasteiger partial charge in [0.05, 0.1) is 11.5 Å². The van der Waals surface area contributed by atoms with Crippen LogP contribution in [0.2, 0.25) is 0 Å². The summed E-state index contributed by atoms with van der Waals surface area (Å²) in [4.78, 5) is 25.7. The summed E-state index contributed by atoms with van der Waals surface area (Å²) in [5.74, 6) is 4.49. The second kappa shape index (κ2) is 7.45. The van der Waals surface area contributed by atoms with Crippen molar-refractivity contribution in [2.24, 2.45) is 53.3 Å². The molecule has 7 aliphatic rings. The van der Waals surface area contributed by atoms with Gasteiger partial charge in [0, 0.05) is 6.42 Å². The molecule has 178 valence electrons. The van der Waals surface area contributed by atoms with Gasteiger partial charge in [-0.1, -0.05) is 26.7 Å². The lowest BCUT2D eigenvalue weighted by Crippen LogP contribution is -2.60. The maximum absolute atomic E-state index is 13.0. The maximum atomic E-state index is 13.0. The van der Waals surface area contributed by atoms with E-state index >= 15 is 0 Å². The maximum Gasteiger partial charge on any atom is 0.344 e. The van der Waals surface area contributed by atoms with E-state index in [9.17, 15) is 14.7 Å². The first kappa shape index (κ1) is 21.4. The molecule has 0 spiro atoms. The molecule has 7 fully saturated rings. The third kappa shape index (κ3) is 3.27. The Balaban J connectivity index is 1.06. The van der Waals surface area contributed by atoms with E-state index in [1.807, 2.05) is 0 Å². The van der Waals surface area contributed by atoms with Crippen LogP contribution in [0, 0.1) is 53.3 Å². The highest BCUT2D eigenvalue weighted by Gasteiger charge is 2.62. The van der Waals surface area contributed by atoms with Crippen molar-refractivity contribution < 1.29 is 24.2 Å². The van der Waals surface area contributed by atoms with Gasteiger partial charge in [0.1, 0.15) is 5.60 Å². The molecule has 9 atom stereocenters. The van der Waals surface area contributed by atoms with Crippen molar-refractivity contribution >= 4 is 11.9 Å². The molecule has 6 bridgehead atoms. The molecule has 1 N–H and O–H groups in total. The Labute approximate surface area is 192 Å². The van der Waals surface area contributed by atoms with Crippen molar-refractivity contribution in [1.82, 2.24) is 0 Å². The van der Waals surface area contributed by atoms with Gasteiger partial charge in [0.15, 0.2) is 6.61 Å². The van der Waals surface area contributed by atoms with Gasteiger partial charge in [-0.15, -0.1) is 0 Å². The van der Waals surface area contributed by atoms with Gasteiger partial charge in [0.25, 0.3) is 0 Å². The fraction of sp³-hybridized carbons (Fsp3) is 0.926. The molecule has 7 saturated carbocycles. The van der Waals surface area contributed by atoms with Crippen LogP contribution in [-0.4, -0.2) is 34.9 Å². The second-order valence-corrected chi connectivity index (χ2v) is 12.7. The number of carbonyl (C=O) groups is 2. The molecule has 0 aromatic rings. The lowest BCUT2D eigenvalue weighted by molar-refractivity contribution is -0.222. The molecule has 7 aliphatic carbocycles. The average molecular weight is 445 g/mol. The Hall–Kier alpha value is -1.10. The molecule has 0 aromatic heterocycles. The minimum Gasteiger partial charge on any atom is -0.456 e. The Kier molecular flexibility index (Phi) is 4.99. The molecular formula is C27H40O5. The minimum absolute atomic E-state index is 0.0287. The van der Waals surface area contributed by atoms with Crippen molar-refractivity contribution in [2.45, 2.75) is 95.7 Å². The predicted octanol–water partition coefficient (Wildman–Crippen LogP) is 4.50. The number of hydrogen-bond acceptors (Lipinski definition) is 5. The number of rotatable bonds is 6. The average Bonchev–Trinajstić information content (AvgIpc) is 3.40. The summed E-state index contributed by atoms with van der Waals surface area (Å²) in [5.41, 5.74) is -1.19. The van der Waals surface area contributed by atoms with E-state index in [0.29, 0.717) is 36.0 Å². The standard InChI is InChI=1S/C27H40O5/c1-3-17-6-18(4-2)24-20-7-19(23(17)24)8-21(20)25(29)31-13-22(28)32-27-11-15-5-16(12-27)10-26(30,9-15)14-27/h15-21,23-24,30H,3-14H2,1-2H3. The zero-order chi connectivity index (χ0) is 22.3. The summed E-state index contributed by atoms with van der Waals surface area (Å²) in [6.45, 7) is 4.35. The number of esters is 2. The quantitative estimate of drug-likeness (QED) is 0.611. The summed E-state index contributed by atoms with van der Waals surface area (Å²) < 4.78 is 11.5. The van der Waals surface area contributed by atoms with Crippen LogP contribution in [-0.2, 0) is 19.1 Å². The van der Waals surface area contributed by atoms with Crippen LogP contribution < -0.4 is 0 Å². The molecule has 32 heavy (non-hydrogen) atoms. The molecule has 0 saturated heterocycles. The summed E-state index contributed by atoms with van der Waals surface area (Å²) >= 11 is 0. The van der Waals surface area contributed by atoms with E-state index < -0.39 is 17.2 Å². The molecule has 9 unspecified atom stereocenters. The van der Waals surface area contributed by atoms with E-state index in [1.54, 1.807) is 0 Å². The van der Waals surface area contributed by atoms with Crippen molar-refractivity contribution in [2.75, 3.05) is 6.61 Å². The van der Waals surface area contributed by atoms with E-state index in [1.165, 1.54) is 25.7 Å². The number of fused-ring (bicyclic) bond motifs is 5. The van der Waals surface area contributed by atoms with Gasteiger partial charge in [-0.25, -0.2) is 4.79 Å². The van der Waals surface area contributed by atoms with E-state index in [0.717, 1.165) is 56.3 Å². The van der Waals surface area contributed by atoms with Crippen molar-refractivity contribution in [3.05, 3.63) is 0 Å². The van der Waals surface area contributed by atoms with Crippen LogP contribution in [0.3, 0.4) is 0 Å². The lowest BCUT2D eigenvalue weighted by atomic mass is 9.52. The van der Waals surface area contributed by atoms with Crippen LogP contribution in [0.4, 0.5) is 0 Å². The van der Waals surface area contributed by atoms with Gasteiger partial charge < -0.3 is 14.6 Å². The first-order valence-corrected chi connectivity index (χ1v) is 13.4. The van der Waals surface area contributed by atoms with Crippen molar-refractivity contribution in [1.29, 1.82) is 0 Å². The van der Waals surface area contributed by atoms with Gasteiger partial charge in [-0.2, -0.15) is 0 Å². The molecular weight excluding hydrogens is 404 g/mol. The van der Waals surface area contributed by atoms with Gasteiger partial charge in [-0.05, 0) is 98.7 Å². The topological polar surface area (TPSA) is 72.8 Å². The van der Waals surface area contributed by atoms with Crippen LogP contribution >= 0.6 is 0 Å². The van der Waals surface area contributed by atoms with E-state index in [2.05, 4.69) is 13.8 Å². The Morgan fingerprint density at radius 2 is 1.59 bits per heavy atom. The monoisotopic (exact) mass is 444 g/mol. The number of hydrogen-bond donors (Lipinski definition) is 1. The smallest absolute Gasteiger partial charge is 0.344 e. The zero-order valence-electron chi connectivity index (χ0n) is 19.8. The van der Waals surface area contributed by atoms with Gasteiger partial charge in [0.2, 0.25) is 0 Å². The first-order valence-electron chi connectivity index (χ1n) is 13.4. The van der Waals surface area contributed by atoms with E-state index in [4.69, 9.17) is 9.47 Å². The molecule has 0 heterocycles. The normalized spacial score (nSPS) is 52.3. The molecule has 0 aromatic carbocycles. The zero-order valence-corrected chi connectivity index (χ0v) is 19.8. The third-order valence-electron chi connectivity index (χ3n) is 10.8. The number of carbonyl (C=O) groups excluding carboxylic acids is 2. The summed E-state index contributed by atoms with van der Waals surface area (Å²) in [7, 11) is 0. The van der Waals surface area contributed by atoms with Crippen LogP contribution in [0.1, 0.15) is 84.5 Å². The fourth-order valence-corrected chi connectivity index (χ4v) is 10.4. The largest absolute Gasteiger partial charge is 0.456 e. The highest BCUT2D eigenvalue weighted by molar-refractivity contribution is 5.78. The lowest BCUT2D eigenvalue weighted by Gasteiger charge is -2.59. The minimum atomic E-state index is -0.659. The Bertz CT molecular complexity index is 777. The molecule has 7 rings (SSSR count). The van der Waals surface area contributed by atoms with Crippen LogP contribution in [0.15, 0.2) is 0 Å². The van der Waals surface area contributed by atoms with Crippen LogP contribution in [0.5, 0.6) is 0 Å².